The Hall–Kier alpha value is -3.14. The molecule has 0 saturated carbocycles. The van der Waals surface area contributed by atoms with Gasteiger partial charge in [-0.15, -0.1) is 0 Å². The highest BCUT2D eigenvalue weighted by molar-refractivity contribution is 5.83. The maximum absolute atomic E-state index is 11.2. The molecule has 0 bridgehead atoms. The van der Waals surface area contributed by atoms with Crippen LogP contribution in [0.15, 0.2) is 72.8 Å². The van der Waals surface area contributed by atoms with Crippen LogP contribution in [0.25, 0.3) is 10.8 Å². The molecule has 26 heavy (non-hydrogen) atoms. The maximum Gasteiger partial charge on any atom is 0.269 e. The highest BCUT2D eigenvalue weighted by Gasteiger charge is 2.38. The first kappa shape index (κ1) is 15.1. The van der Waals surface area contributed by atoms with Gasteiger partial charge in [0, 0.05) is 23.7 Å². The second-order valence-corrected chi connectivity index (χ2v) is 7.11. The van der Waals surface area contributed by atoms with Crippen LogP contribution in [0.5, 0.6) is 0 Å². The van der Waals surface area contributed by atoms with E-state index in [1.54, 1.807) is 12.1 Å². The molecule has 1 aliphatic heterocycles. The van der Waals surface area contributed by atoms with Gasteiger partial charge >= 0.3 is 0 Å². The predicted octanol–water partition coefficient (Wildman–Crippen LogP) is 5.57. The number of rotatable bonds is 2. The SMILES string of the molecule is O=[N+]([O-])c1ccc2c(c1)C1C=CCC1C(c1ccc3ccccc3c1)N2. The third-order valence-corrected chi connectivity index (χ3v) is 5.69. The largest absolute Gasteiger partial charge is 0.378 e. The van der Waals surface area contributed by atoms with Gasteiger partial charge in [0.15, 0.2) is 0 Å². The standard InChI is InChI=1S/C22H18N2O2/c25-24(26)17-10-11-21-20(13-17)18-6-3-7-19(18)22(23-21)16-9-8-14-4-1-2-5-15(14)12-16/h1-6,8-13,18-19,22-23H,7H2. The van der Waals surface area contributed by atoms with Crippen LogP contribution in [-0.4, -0.2) is 4.92 Å². The molecule has 1 aliphatic carbocycles. The minimum atomic E-state index is -0.316. The van der Waals surface area contributed by atoms with Gasteiger partial charge in [-0.2, -0.15) is 0 Å². The zero-order valence-corrected chi connectivity index (χ0v) is 14.1. The van der Waals surface area contributed by atoms with Crippen molar-refractivity contribution >= 4 is 22.1 Å². The van der Waals surface area contributed by atoms with Crippen molar-refractivity contribution in [1.82, 2.24) is 0 Å². The maximum atomic E-state index is 11.2. The highest BCUT2D eigenvalue weighted by Crippen LogP contribution is 2.50. The van der Waals surface area contributed by atoms with Crippen molar-refractivity contribution in [3.63, 3.8) is 0 Å². The van der Waals surface area contributed by atoms with Crippen LogP contribution in [0, 0.1) is 16.0 Å². The summed E-state index contributed by atoms with van der Waals surface area (Å²) in [4.78, 5) is 10.8. The number of hydrogen-bond donors (Lipinski definition) is 1. The summed E-state index contributed by atoms with van der Waals surface area (Å²) in [6.07, 6.45) is 5.40. The van der Waals surface area contributed by atoms with E-state index >= 15 is 0 Å². The highest BCUT2D eigenvalue weighted by atomic mass is 16.6. The Morgan fingerprint density at radius 1 is 1.00 bits per heavy atom. The van der Waals surface area contributed by atoms with Crippen LogP contribution in [0.4, 0.5) is 11.4 Å². The fraction of sp³-hybridized carbons (Fsp3) is 0.182. The van der Waals surface area contributed by atoms with Gasteiger partial charge < -0.3 is 5.32 Å². The number of nitrogens with zero attached hydrogens (tertiary/aromatic N) is 1. The average Bonchev–Trinajstić information content (AvgIpc) is 3.16. The van der Waals surface area contributed by atoms with Crippen LogP contribution < -0.4 is 5.32 Å². The van der Waals surface area contributed by atoms with E-state index < -0.39 is 0 Å². The van der Waals surface area contributed by atoms with Crippen molar-refractivity contribution < 1.29 is 4.92 Å². The zero-order valence-electron chi connectivity index (χ0n) is 14.1. The summed E-state index contributed by atoms with van der Waals surface area (Å²) in [7, 11) is 0. The molecule has 3 aromatic rings. The van der Waals surface area contributed by atoms with Crippen molar-refractivity contribution in [1.29, 1.82) is 0 Å². The molecule has 1 N–H and O–H groups in total. The molecule has 0 radical (unpaired) electrons. The van der Waals surface area contributed by atoms with Crippen LogP contribution in [0.3, 0.4) is 0 Å². The normalized spacial score (nSPS) is 23.3. The molecule has 3 atom stereocenters. The van der Waals surface area contributed by atoms with E-state index in [1.807, 2.05) is 6.07 Å². The lowest BCUT2D eigenvalue weighted by Gasteiger charge is -2.37. The lowest BCUT2D eigenvalue weighted by Crippen LogP contribution is -2.29. The monoisotopic (exact) mass is 342 g/mol. The smallest absolute Gasteiger partial charge is 0.269 e. The minimum absolute atomic E-state index is 0.161. The molecule has 0 saturated heterocycles. The number of hydrogen-bond acceptors (Lipinski definition) is 3. The average molecular weight is 342 g/mol. The number of non-ortho nitro benzene ring substituents is 1. The van der Waals surface area contributed by atoms with Gasteiger partial charge in [0.05, 0.1) is 11.0 Å². The third-order valence-electron chi connectivity index (χ3n) is 5.69. The minimum Gasteiger partial charge on any atom is -0.378 e. The van der Waals surface area contributed by atoms with E-state index in [0.29, 0.717) is 5.92 Å². The quantitative estimate of drug-likeness (QED) is 0.376. The number of fused-ring (bicyclic) bond motifs is 4. The van der Waals surface area contributed by atoms with E-state index in [1.165, 1.54) is 16.3 Å². The summed E-state index contributed by atoms with van der Waals surface area (Å²) in [5.41, 5.74) is 3.47. The third kappa shape index (κ3) is 2.30. The van der Waals surface area contributed by atoms with Crippen LogP contribution in [0.2, 0.25) is 0 Å². The number of nitrogens with one attached hydrogen (secondary N) is 1. The fourth-order valence-electron chi connectivity index (χ4n) is 4.43. The van der Waals surface area contributed by atoms with E-state index in [2.05, 4.69) is 59.9 Å². The molecular weight excluding hydrogens is 324 g/mol. The molecule has 0 fully saturated rings. The summed E-state index contributed by atoms with van der Waals surface area (Å²) in [6, 6.07) is 20.4. The van der Waals surface area contributed by atoms with Gasteiger partial charge in [0.25, 0.3) is 5.69 Å². The molecule has 4 nitrogen and oxygen atoms in total. The van der Waals surface area contributed by atoms with Crippen molar-refractivity contribution in [2.24, 2.45) is 5.92 Å². The molecule has 128 valence electrons. The molecule has 3 aromatic carbocycles. The molecule has 4 heteroatoms. The number of nitro benzene ring substituents is 1. The summed E-state index contributed by atoms with van der Waals surface area (Å²) < 4.78 is 0. The van der Waals surface area contributed by atoms with Crippen LogP contribution in [0.1, 0.15) is 29.5 Å². The van der Waals surface area contributed by atoms with Gasteiger partial charge in [0.2, 0.25) is 0 Å². The van der Waals surface area contributed by atoms with E-state index in [4.69, 9.17) is 0 Å². The number of benzene rings is 3. The van der Waals surface area contributed by atoms with Gasteiger partial charge in [0.1, 0.15) is 0 Å². The number of allylic oxidation sites excluding steroid dienone is 2. The van der Waals surface area contributed by atoms with Gasteiger partial charge in [-0.1, -0.05) is 48.6 Å². The first-order chi connectivity index (χ1) is 12.7. The lowest BCUT2D eigenvalue weighted by atomic mass is 9.76. The second-order valence-electron chi connectivity index (χ2n) is 7.11. The molecule has 1 heterocycles. The zero-order chi connectivity index (χ0) is 17.7. The number of nitro groups is 1. The van der Waals surface area contributed by atoms with Gasteiger partial charge in [-0.05, 0) is 46.4 Å². The van der Waals surface area contributed by atoms with Crippen molar-refractivity contribution in [2.45, 2.75) is 18.4 Å². The Labute approximate surface area is 151 Å². The first-order valence-electron chi connectivity index (χ1n) is 8.91. The fourth-order valence-corrected chi connectivity index (χ4v) is 4.43. The first-order valence-corrected chi connectivity index (χ1v) is 8.91. The van der Waals surface area contributed by atoms with Crippen molar-refractivity contribution in [3.05, 3.63) is 94.1 Å². The topological polar surface area (TPSA) is 55.2 Å². The van der Waals surface area contributed by atoms with Crippen LogP contribution in [-0.2, 0) is 0 Å². The van der Waals surface area contributed by atoms with Gasteiger partial charge in [-0.3, -0.25) is 10.1 Å². The van der Waals surface area contributed by atoms with Crippen LogP contribution >= 0.6 is 0 Å². The number of anilines is 1. The van der Waals surface area contributed by atoms with E-state index in [0.717, 1.165) is 17.7 Å². The summed E-state index contributed by atoms with van der Waals surface area (Å²) in [5, 5.41) is 17.3. The Bertz CT molecular complexity index is 1060. The predicted molar refractivity (Wildman–Crippen MR) is 103 cm³/mol. The Kier molecular flexibility index (Phi) is 3.32. The molecule has 0 amide bonds. The molecule has 0 spiro atoms. The van der Waals surface area contributed by atoms with Crippen molar-refractivity contribution in [2.75, 3.05) is 5.32 Å². The molecule has 2 aliphatic rings. The lowest BCUT2D eigenvalue weighted by molar-refractivity contribution is -0.384. The van der Waals surface area contributed by atoms with E-state index in [9.17, 15) is 10.1 Å². The molecule has 3 unspecified atom stereocenters. The second kappa shape index (κ2) is 5.70. The van der Waals surface area contributed by atoms with Crippen molar-refractivity contribution in [3.8, 4) is 0 Å². The summed E-state index contributed by atoms with van der Waals surface area (Å²) in [5.74, 6) is 0.605. The molecule has 0 aromatic heterocycles. The van der Waals surface area contributed by atoms with E-state index in [-0.39, 0.29) is 22.6 Å². The van der Waals surface area contributed by atoms with Gasteiger partial charge in [-0.25, -0.2) is 0 Å². The molecule has 5 rings (SSSR count). The Balaban J connectivity index is 1.59. The Morgan fingerprint density at radius 2 is 1.85 bits per heavy atom. The molecular formula is C22H18N2O2. The summed E-state index contributed by atoms with van der Waals surface area (Å²) in [6.45, 7) is 0. The summed E-state index contributed by atoms with van der Waals surface area (Å²) >= 11 is 0. The Morgan fingerprint density at radius 3 is 2.69 bits per heavy atom.